The van der Waals surface area contributed by atoms with Crippen molar-refractivity contribution in [3.63, 3.8) is 0 Å². The Bertz CT molecular complexity index is 929. The third-order valence-electron chi connectivity index (χ3n) is 4.32. The molecule has 1 aliphatic rings. The van der Waals surface area contributed by atoms with E-state index in [1.807, 2.05) is 0 Å². The fourth-order valence-corrected chi connectivity index (χ4v) is 3.13. The van der Waals surface area contributed by atoms with Gasteiger partial charge in [0.1, 0.15) is 11.7 Å². The van der Waals surface area contributed by atoms with Gasteiger partial charge in [0.25, 0.3) is 0 Å². The molecule has 3 N–H and O–H groups in total. The number of aromatic nitrogens is 4. The molecule has 0 amide bonds. The molecule has 3 rings (SSSR count). The molecule has 0 bridgehead atoms. The number of hydrogen-bond acceptors (Lipinski definition) is 6. The SMILES string of the molecule is C#CCn1c(=O)n([C@@H]2O[C@H]([C@@H](O)C(F)(F)F)C[C@H]2C)c2nc(N)ncc21. The molecule has 0 unspecified atom stereocenters. The third kappa shape index (κ3) is 2.91. The molecule has 0 aliphatic carbocycles. The van der Waals surface area contributed by atoms with Crippen molar-refractivity contribution >= 4 is 17.1 Å². The first kappa shape index (κ1) is 18.2. The quantitative estimate of drug-likeness (QED) is 0.768. The van der Waals surface area contributed by atoms with Crippen LogP contribution in [-0.4, -0.2) is 42.6 Å². The van der Waals surface area contributed by atoms with Crippen LogP contribution >= 0.6 is 0 Å². The van der Waals surface area contributed by atoms with Gasteiger partial charge >= 0.3 is 11.9 Å². The van der Waals surface area contributed by atoms with Crippen molar-refractivity contribution in [3.05, 3.63) is 16.7 Å². The predicted molar refractivity (Wildman–Crippen MR) is 84.8 cm³/mol. The number of nitrogens with two attached hydrogens (primary N) is 1. The molecule has 8 nitrogen and oxygen atoms in total. The lowest BCUT2D eigenvalue weighted by molar-refractivity contribution is -0.237. The van der Waals surface area contributed by atoms with Gasteiger partial charge in [-0.3, -0.25) is 4.57 Å². The Kier molecular flexibility index (Phi) is 4.41. The minimum absolute atomic E-state index is 0.0781. The molecule has 0 spiro atoms. The Balaban J connectivity index is 2.08. The average Bonchev–Trinajstić information content (AvgIpc) is 3.04. The Morgan fingerprint density at radius 3 is 2.88 bits per heavy atom. The molecule has 2 aromatic rings. The van der Waals surface area contributed by atoms with Crippen LogP contribution in [0.1, 0.15) is 19.6 Å². The van der Waals surface area contributed by atoms with E-state index in [1.54, 1.807) is 6.92 Å². The summed E-state index contributed by atoms with van der Waals surface area (Å²) in [6.07, 6.45) is -3.52. The predicted octanol–water partition coefficient (Wildman–Crippen LogP) is 0.655. The van der Waals surface area contributed by atoms with Crippen molar-refractivity contribution in [2.45, 2.75) is 44.5 Å². The van der Waals surface area contributed by atoms with Gasteiger partial charge in [0.15, 0.2) is 11.8 Å². The summed E-state index contributed by atoms with van der Waals surface area (Å²) in [5, 5.41) is 9.47. The van der Waals surface area contributed by atoms with Crippen LogP contribution in [0.15, 0.2) is 11.0 Å². The lowest BCUT2D eigenvalue weighted by Gasteiger charge is -2.21. The van der Waals surface area contributed by atoms with Crippen LogP contribution in [0.4, 0.5) is 19.1 Å². The highest BCUT2D eigenvalue weighted by Gasteiger charge is 2.49. The summed E-state index contributed by atoms with van der Waals surface area (Å²) in [5.74, 6) is 1.73. The number of aliphatic hydroxyl groups is 1. The number of alkyl halides is 3. The lowest BCUT2D eigenvalue weighted by atomic mass is 10.0. The maximum atomic E-state index is 12.8. The molecule has 26 heavy (non-hydrogen) atoms. The van der Waals surface area contributed by atoms with Crippen LogP contribution in [0.2, 0.25) is 0 Å². The second-order valence-electron chi connectivity index (χ2n) is 6.14. The van der Waals surface area contributed by atoms with Crippen LogP contribution in [-0.2, 0) is 11.3 Å². The normalized spacial score (nSPS) is 24.7. The van der Waals surface area contributed by atoms with Gasteiger partial charge in [-0.15, -0.1) is 6.42 Å². The zero-order chi connectivity index (χ0) is 19.2. The van der Waals surface area contributed by atoms with E-state index in [1.165, 1.54) is 10.8 Å². The first-order valence-corrected chi connectivity index (χ1v) is 7.72. The van der Waals surface area contributed by atoms with Gasteiger partial charge in [-0.05, 0) is 6.42 Å². The summed E-state index contributed by atoms with van der Waals surface area (Å²) >= 11 is 0. The molecule has 3 heterocycles. The second kappa shape index (κ2) is 6.30. The number of nitrogen functional groups attached to an aromatic ring is 1. The maximum Gasteiger partial charge on any atom is 0.416 e. The van der Waals surface area contributed by atoms with Crippen molar-refractivity contribution in [3.8, 4) is 12.3 Å². The van der Waals surface area contributed by atoms with E-state index in [9.17, 15) is 23.1 Å². The van der Waals surface area contributed by atoms with Gasteiger partial charge in [-0.25, -0.2) is 14.3 Å². The Hall–Kier alpha value is -2.58. The third-order valence-corrected chi connectivity index (χ3v) is 4.32. The molecule has 4 atom stereocenters. The number of ether oxygens (including phenoxy) is 1. The van der Waals surface area contributed by atoms with Gasteiger partial charge in [0, 0.05) is 5.92 Å². The smallest absolute Gasteiger partial charge is 0.381 e. The largest absolute Gasteiger partial charge is 0.416 e. The molecule has 1 aliphatic heterocycles. The minimum Gasteiger partial charge on any atom is -0.381 e. The van der Waals surface area contributed by atoms with E-state index >= 15 is 0 Å². The molecule has 1 fully saturated rings. The number of anilines is 1. The van der Waals surface area contributed by atoms with Gasteiger partial charge in [-0.1, -0.05) is 12.8 Å². The molecular weight excluding hydrogens is 355 g/mol. The van der Waals surface area contributed by atoms with E-state index in [2.05, 4.69) is 15.9 Å². The number of fused-ring (bicyclic) bond motifs is 1. The highest BCUT2D eigenvalue weighted by Crippen LogP contribution is 2.39. The van der Waals surface area contributed by atoms with Crippen LogP contribution in [0.25, 0.3) is 11.2 Å². The first-order valence-electron chi connectivity index (χ1n) is 7.72. The van der Waals surface area contributed by atoms with Crippen molar-refractivity contribution in [2.75, 3.05) is 5.73 Å². The molecule has 140 valence electrons. The van der Waals surface area contributed by atoms with Crippen molar-refractivity contribution in [1.82, 2.24) is 19.1 Å². The van der Waals surface area contributed by atoms with E-state index < -0.39 is 36.2 Å². The van der Waals surface area contributed by atoms with E-state index in [0.29, 0.717) is 0 Å². The molecule has 11 heteroatoms. The number of imidazole rings is 1. The van der Waals surface area contributed by atoms with Gasteiger partial charge in [0.05, 0.1) is 18.8 Å². The number of rotatable bonds is 3. The fraction of sp³-hybridized carbons (Fsp3) is 0.533. The zero-order valence-corrected chi connectivity index (χ0v) is 13.6. The number of halogens is 3. The highest BCUT2D eigenvalue weighted by molar-refractivity contribution is 5.72. The summed E-state index contributed by atoms with van der Waals surface area (Å²) in [7, 11) is 0. The van der Waals surface area contributed by atoms with Gasteiger partial charge in [0.2, 0.25) is 5.95 Å². The summed E-state index contributed by atoms with van der Waals surface area (Å²) in [6, 6.07) is 0. The number of nitrogens with zero attached hydrogens (tertiary/aromatic N) is 4. The van der Waals surface area contributed by atoms with Crippen molar-refractivity contribution < 1.29 is 23.0 Å². The summed E-state index contributed by atoms with van der Waals surface area (Å²) < 4.78 is 46.1. The molecule has 0 aromatic carbocycles. The van der Waals surface area contributed by atoms with Crippen LogP contribution in [0.5, 0.6) is 0 Å². The number of aliphatic hydroxyl groups excluding tert-OH is 1. The van der Waals surface area contributed by atoms with Crippen molar-refractivity contribution in [2.24, 2.45) is 5.92 Å². The maximum absolute atomic E-state index is 12.8. The van der Waals surface area contributed by atoms with Gasteiger partial charge in [-0.2, -0.15) is 18.2 Å². The summed E-state index contributed by atoms with van der Waals surface area (Å²) in [4.78, 5) is 20.6. The van der Waals surface area contributed by atoms with Crippen LogP contribution in [0, 0.1) is 18.3 Å². The molecular formula is C15H16F3N5O3. The highest BCUT2D eigenvalue weighted by atomic mass is 19.4. The van der Waals surface area contributed by atoms with Crippen LogP contribution in [0.3, 0.4) is 0 Å². The molecule has 2 aromatic heterocycles. The summed E-state index contributed by atoms with van der Waals surface area (Å²) in [6.45, 7) is 1.54. The molecule has 1 saturated heterocycles. The standard InChI is InChI=1S/C15H16F3N5O3/c1-3-4-22-8-6-20-13(19)21-11(8)23(14(22)25)12-7(2)5-9(26-12)10(24)15(16,17)18/h1,6-7,9-10,12,24H,4-5H2,2H3,(H2,19,20,21)/t7-,9+,10-,12-/m1/s1. The van der Waals surface area contributed by atoms with E-state index in [-0.39, 0.29) is 30.1 Å². The topological polar surface area (TPSA) is 108 Å². The Morgan fingerprint density at radius 1 is 1.58 bits per heavy atom. The number of hydrogen-bond donors (Lipinski definition) is 2. The summed E-state index contributed by atoms with van der Waals surface area (Å²) in [5.41, 5.74) is 5.37. The molecule has 0 radical (unpaired) electrons. The lowest BCUT2D eigenvalue weighted by Crippen LogP contribution is -2.39. The van der Waals surface area contributed by atoms with Crippen molar-refractivity contribution in [1.29, 1.82) is 0 Å². The van der Waals surface area contributed by atoms with Gasteiger partial charge < -0.3 is 15.6 Å². The minimum atomic E-state index is -4.83. The van der Waals surface area contributed by atoms with E-state index in [0.717, 1.165) is 4.57 Å². The Morgan fingerprint density at radius 2 is 2.27 bits per heavy atom. The molecule has 0 saturated carbocycles. The first-order chi connectivity index (χ1) is 12.1. The van der Waals surface area contributed by atoms with E-state index in [4.69, 9.17) is 16.9 Å². The number of terminal acetylenes is 1. The average molecular weight is 371 g/mol. The zero-order valence-electron chi connectivity index (χ0n) is 13.6. The Labute approximate surface area is 145 Å². The monoisotopic (exact) mass is 371 g/mol. The van der Waals surface area contributed by atoms with Crippen LogP contribution < -0.4 is 11.4 Å². The second-order valence-corrected chi connectivity index (χ2v) is 6.14. The fourth-order valence-electron chi connectivity index (χ4n) is 3.13.